The molecule has 0 amide bonds. The first-order chi connectivity index (χ1) is 7.38. The van der Waals surface area contributed by atoms with Gasteiger partial charge in [-0.05, 0) is 29.1 Å². The Morgan fingerprint density at radius 3 is 2.80 bits per heavy atom. The number of anilines is 1. The molecule has 0 bridgehead atoms. The molecule has 3 rings (SSSR count). The summed E-state index contributed by atoms with van der Waals surface area (Å²) in [5.74, 6) is 0. The lowest BCUT2D eigenvalue weighted by molar-refractivity contribution is -0.543. The van der Waals surface area contributed by atoms with Crippen molar-refractivity contribution in [3.05, 3.63) is 36.4 Å². The Balaban J connectivity index is 2.38. The molecule has 3 nitrogen and oxygen atoms in total. The van der Waals surface area contributed by atoms with Crippen LogP contribution in [0.4, 0.5) is 11.4 Å². The second-order valence-corrected chi connectivity index (χ2v) is 3.65. The van der Waals surface area contributed by atoms with Gasteiger partial charge in [0.15, 0.2) is 0 Å². The van der Waals surface area contributed by atoms with Crippen LogP contribution in [0.15, 0.2) is 41.5 Å². The van der Waals surface area contributed by atoms with Crippen LogP contribution in [0.5, 0.6) is 0 Å². The second-order valence-electron chi connectivity index (χ2n) is 3.41. The van der Waals surface area contributed by atoms with Crippen LogP contribution in [0.3, 0.4) is 0 Å². The minimum Gasteiger partial charge on any atom is -0.139 e. The average Bonchev–Trinajstić information content (AvgIpc) is 2.29. The van der Waals surface area contributed by atoms with Crippen LogP contribution in [0.2, 0.25) is 0 Å². The minimum absolute atomic E-state index is 0.324. The van der Waals surface area contributed by atoms with E-state index in [0.29, 0.717) is 6.00 Å². The zero-order chi connectivity index (χ0) is 10.3. The number of nitrogens with one attached hydrogen (secondary N) is 1. The standard InChI is InChI=1S/C11H9ClN3/c12-7-15-13-9-5-1-3-8-4-2-6-10(14-15)11(8)9/h1-6H,7H2,(H,13,14)/q+1. The van der Waals surface area contributed by atoms with E-state index < -0.39 is 0 Å². The Bertz CT molecular complexity index is 558. The summed E-state index contributed by atoms with van der Waals surface area (Å²) in [6, 6.07) is 12.5. The maximum Gasteiger partial charge on any atom is 0.273 e. The summed E-state index contributed by atoms with van der Waals surface area (Å²) in [7, 11) is 0. The minimum atomic E-state index is 0.324. The van der Waals surface area contributed by atoms with Gasteiger partial charge < -0.3 is 0 Å². The molecular weight excluding hydrogens is 210 g/mol. The summed E-state index contributed by atoms with van der Waals surface area (Å²) in [6.07, 6.45) is 0. The number of halogens is 1. The van der Waals surface area contributed by atoms with Crippen molar-refractivity contribution in [1.29, 1.82) is 0 Å². The summed E-state index contributed by atoms with van der Waals surface area (Å²) < 4.78 is 0. The Kier molecular flexibility index (Phi) is 1.86. The van der Waals surface area contributed by atoms with E-state index in [0.717, 1.165) is 16.8 Å². The van der Waals surface area contributed by atoms with E-state index in [1.54, 1.807) is 4.81 Å². The maximum absolute atomic E-state index is 5.75. The van der Waals surface area contributed by atoms with Gasteiger partial charge in [0.05, 0.1) is 0 Å². The van der Waals surface area contributed by atoms with Crippen molar-refractivity contribution in [2.45, 2.75) is 0 Å². The molecular formula is C11H9ClN3+. The first-order valence-electron chi connectivity index (χ1n) is 4.72. The number of nitrogens with zero attached hydrogens (tertiary/aromatic N) is 2. The van der Waals surface area contributed by atoms with Crippen molar-refractivity contribution in [1.82, 2.24) is 0 Å². The van der Waals surface area contributed by atoms with Crippen molar-refractivity contribution in [2.75, 3.05) is 11.4 Å². The molecule has 0 aliphatic carbocycles. The van der Waals surface area contributed by atoms with Crippen molar-refractivity contribution < 1.29 is 4.81 Å². The van der Waals surface area contributed by atoms with Gasteiger partial charge >= 0.3 is 0 Å². The first kappa shape index (κ1) is 8.68. The molecule has 0 fully saturated rings. The van der Waals surface area contributed by atoms with Crippen LogP contribution < -0.4 is 5.43 Å². The van der Waals surface area contributed by atoms with Gasteiger partial charge in [-0.3, -0.25) is 0 Å². The molecule has 1 aliphatic rings. The number of hydrogen-bond donors (Lipinski definition) is 1. The SMILES string of the molecule is ClC[N+]1=Nc2cccc3cccc(c23)N1. The van der Waals surface area contributed by atoms with E-state index >= 15 is 0 Å². The summed E-state index contributed by atoms with van der Waals surface area (Å²) in [5.41, 5.74) is 5.16. The van der Waals surface area contributed by atoms with E-state index in [-0.39, 0.29) is 0 Å². The zero-order valence-corrected chi connectivity index (χ0v) is 8.70. The molecule has 0 radical (unpaired) electrons. The van der Waals surface area contributed by atoms with E-state index in [1.807, 2.05) is 24.3 Å². The molecule has 2 aromatic carbocycles. The molecule has 4 heteroatoms. The van der Waals surface area contributed by atoms with Crippen LogP contribution in [-0.4, -0.2) is 10.8 Å². The second kappa shape index (κ2) is 3.21. The molecule has 0 aromatic heterocycles. The summed E-state index contributed by atoms with van der Waals surface area (Å²) in [6.45, 7) is 0. The van der Waals surface area contributed by atoms with Gasteiger partial charge in [0.25, 0.3) is 6.00 Å². The third-order valence-electron chi connectivity index (χ3n) is 2.47. The van der Waals surface area contributed by atoms with Gasteiger partial charge in [-0.25, -0.2) is 0 Å². The van der Waals surface area contributed by atoms with Crippen LogP contribution in [-0.2, 0) is 0 Å². The van der Waals surface area contributed by atoms with E-state index in [1.165, 1.54) is 5.39 Å². The van der Waals surface area contributed by atoms with Crippen LogP contribution in [0.25, 0.3) is 10.8 Å². The number of hydrogen-bond acceptors (Lipinski definition) is 2. The molecule has 2 aromatic rings. The molecule has 0 spiro atoms. The number of rotatable bonds is 1. The van der Waals surface area contributed by atoms with Crippen molar-refractivity contribution in [3.8, 4) is 0 Å². The lowest BCUT2D eigenvalue weighted by Crippen LogP contribution is -2.17. The van der Waals surface area contributed by atoms with Crippen molar-refractivity contribution >= 4 is 33.7 Å². The van der Waals surface area contributed by atoms with Gasteiger partial charge in [-0.15, -0.1) is 5.43 Å². The topological polar surface area (TPSA) is 27.4 Å². The predicted octanol–water partition coefficient (Wildman–Crippen LogP) is 3.47. The Hall–Kier alpha value is -1.61. The highest BCUT2D eigenvalue weighted by molar-refractivity contribution is 6.16. The first-order valence-corrected chi connectivity index (χ1v) is 5.25. The molecule has 0 unspecified atom stereocenters. The number of hydrazine groups is 1. The lowest BCUT2D eigenvalue weighted by Gasteiger charge is -2.10. The molecule has 1 aliphatic heterocycles. The molecule has 74 valence electrons. The molecule has 0 saturated heterocycles. The fraction of sp³-hybridized carbons (Fsp3) is 0.0909. The molecule has 0 atom stereocenters. The highest BCUT2D eigenvalue weighted by atomic mass is 35.5. The van der Waals surface area contributed by atoms with E-state index in [4.69, 9.17) is 11.6 Å². The Morgan fingerprint density at radius 1 is 1.20 bits per heavy atom. The van der Waals surface area contributed by atoms with Gasteiger partial charge in [0, 0.05) is 15.3 Å². The van der Waals surface area contributed by atoms with Gasteiger partial charge in [-0.2, -0.15) is 0 Å². The fourth-order valence-electron chi connectivity index (χ4n) is 1.85. The Labute approximate surface area is 92.0 Å². The third kappa shape index (κ3) is 1.27. The normalized spacial score (nSPS) is 13.5. The number of azo groups is 1. The quantitative estimate of drug-likeness (QED) is 0.443. The van der Waals surface area contributed by atoms with E-state index in [9.17, 15) is 0 Å². The Morgan fingerprint density at radius 2 is 2.00 bits per heavy atom. The highest BCUT2D eigenvalue weighted by Crippen LogP contribution is 2.35. The maximum atomic E-state index is 5.75. The largest absolute Gasteiger partial charge is 0.273 e. The lowest BCUT2D eigenvalue weighted by atomic mass is 10.1. The summed E-state index contributed by atoms with van der Waals surface area (Å²) >= 11 is 5.75. The number of benzene rings is 2. The fourth-order valence-corrected chi connectivity index (χ4v) is 1.96. The van der Waals surface area contributed by atoms with Crippen LogP contribution >= 0.6 is 11.6 Å². The van der Waals surface area contributed by atoms with E-state index in [2.05, 4.69) is 22.7 Å². The summed E-state index contributed by atoms with van der Waals surface area (Å²) in [5, 5.41) is 6.72. The third-order valence-corrected chi connectivity index (χ3v) is 2.70. The molecule has 1 N–H and O–H groups in total. The highest BCUT2D eigenvalue weighted by Gasteiger charge is 2.18. The monoisotopic (exact) mass is 218 g/mol. The van der Waals surface area contributed by atoms with Crippen molar-refractivity contribution in [2.24, 2.45) is 5.11 Å². The molecule has 0 saturated carbocycles. The summed E-state index contributed by atoms with van der Waals surface area (Å²) in [4.78, 5) is 1.62. The van der Waals surface area contributed by atoms with Crippen LogP contribution in [0.1, 0.15) is 0 Å². The average molecular weight is 219 g/mol. The van der Waals surface area contributed by atoms with Gasteiger partial charge in [0.2, 0.25) is 0 Å². The van der Waals surface area contributed by atoms with Crippen LogP contribution in [0, 0.1) is 0 Å². The van der Waals surface area contributed by atoms with Gasteiger partial charge in [0.1, 0.15) is 11.4 Å². The predicted molar refractivity (Wildman–Crippen MR) is 60.6 cm³/mol. The smallest absolute Gasteiger partial charge is 0.139 e. The molecule has 15 heavy (non-hydrogen) atoms. The number of alkyl halides is 1. The zero-order valence-electron chi connectivity index (χ0n) is 7.94. The van der Waals surface area contributed by atoms with Crippen molar-refractivity contribution in [3.63, 3.8) is 0 Å². The molecule has 1 heterocycles. The van der Waals surface area contributed by atoms with Gasteiger partial charge in [-0.1, -0.05) is 24.3 Å².